The van der Waals surface area contributed by atoms with E-state index in [1.165, 1.54) is 24.3 Å². The molecule has 10 heteroatoms. The number of nitrogens with one attached hydrogen (secondary N) is 1. The number of amides is 1. The Hall–Kier alpha value is -2.72. The van der Waals surface area contributed by atoms with Crippen LogP contribution in [0.5, 0.6) is 0 Å². The highest BCUT2D eigenvalue weighted by Gasteiger charge is 2.29. The average Bonchev–Trinajstić information content (AvgIpc) is 3.24. The van der Waals surface area contributed by atoms with Gasteiger partial charge in [-0.25, -0.2) is 17.2 Å². The number of rotatable bonds is 7. The lowest BCUT2D eigenvalue weighted by Gasteiger charge is -2.22. The molecule has 1 aliphatic carbocycles. The van der Waals surface area contributed by atoms with E-state index in [9.17, 15) is 22.0 Å². The molecule has 1 saturated carbocycles. The Morgan fingerprint density at radius 3 is 2.24 bits per heavy atom. The molecule has 1 fully saturated rings. The Kier molecular flexibility index (Phi) is 7.14. The van der Waals surface area contributed by atoms with Crippen LogP contribution >= 0.6 is 11.8 Å². The molecule has 1 aromatic heterocycles. The van der Waals surface area contributed by atoms with E-state index in [1.807, 2.05) is 0 Å². The second kappa shape index (κ2) is 10.0. The maximum Gasteiger partial charge on any atom is 0.230 e. The summed E-state index contributed by atoms with van der Waals surface area (Å²) in [5.41, 5.74) is 0.380. The topological polar surface area (TPSA) is 89.3 Å². The van der Waals surface area contributed by atoms with Crippen molar-refractivity contribution in [1.29, 1.82) is 0 Å². The number of hydrogen-bond donors (Lipinski definition) is 1. The average molecular weight is 493 g/mol. The van der Waals surface area contributed by atoms with Crippen LogP contribution in [0.2, 0.25) is 0 Å². The zero-order valence-electron chi connectivity index (χ0n) is 17.6. The van der Waals surface area contributed by atoms with Crippen molar-refractivity contribution in [2.45, 2.75) is 53.2 Å². The van der Waals surface area contributed by atoms with Gasteiger partial charge in [0.2, 0.25) is 31.8 Å². The van der Waals surface area contributed by atoms with Crippen LogP contribution in [-0.4, -0.2) is 31.1 Å². The first-order valence-corrected chi connectivity index (χ1v) is 13.0. The molecule has 174 valence electrons. The number of carbonyl (C=O) groups is 1. The van der Waals surface area contributed by atoms with Crippen molar-refractivity contribution in [1.82, 2.24) is 10.3 Å². The number of carbonyl (C=O) groups excluding carboxylic acids is 1. The molecule has 1 heterocycles. The summed E-state index contributed by atoms with van der Waals surface area (Å²) in [7, 11) is -4.15. The molecule has 6 nitrogen and oxygen atoms in total. The molecule has 2 aromatic carbocycles. The van der Waals surface area contributed by atoms with Gasteiger partial charge in [-0.05, 0) is 61.4 Å². The van der Waals surface area contributed by atoms with Crippen molar-refractivity contribution in [3.8, 4) is 11.5 Å². The van der Waals surface area contributed by atoms with Crippen LogP contribution in [0.15, 0.2) is 68.0 Å². The highest BCUT2D eigenvalue weighted by molar-refractivity contribution is 8.00. The second-order valence-electron chi connectivity index (χ2n) is 7.77. The minimum Gasteiger partial charge on any atom is -0.428 e. The first kappa shape index (κ1) is 23.4. The summed E-state index contributed by atoms with van der Waals surface area (Å²) in [6.07, 6.45) is 5.16. The van der Waals surface area contributed by atoms with E-state index in [0.29, 0.717) is 5.56 Å². The van der Waals surface area contributed by atoms with Crippen LogP contribution in [0, 0.1) is 11.6 Å². The first-order valence-electron chi connectivity index (χ1n) is 10.5. The number of oxazole rings is 1. The fourth-order valence-electron chi connectivity index (χ4n) is 3.64. The van der Waals surface area contributed by atoms with Gasteiger partial charge >= 0.3 is 0 Å². The quantitative estimate of drug-likeness (QED) is 0.369. The molecule has 1 N–H and O–H groups in total. The molecule has 4 rings (SSSR count). The van der Waals surface area contributed by atoms with Crippen molar-refractivity contribution >= 4 is 27.5 Å². The van der Waals surface area contributed by atoms with Crippen LogP contribution < -0.4 is 5.32 Å². The Labute approximate surface area is 194 Å². The third-order valence-electron chi connectivity index (χ3n) is 5.34. The summed E-state index contributed by atoms with van der Waals surface area (Å²) in [6, 6.07) is 9.73. The fourth-order valence-corrected chi connectivity index (χ4v) is 5.98. The van der Waals surface area contributed by atoms with E-state index in [2.05, 4.69) is 10.3 Å². The fraction of sp³-hybridized carbons (Fsp3) is 0.304. The van der Waals surface area contributed by atoms with Gasteiger partial charge in [-0.15, -0.1) is 0 Å². The molecule has 33 heavy (non-hydrogen) atoms. The Bertz CT molecular complexity index is 1220. The van der Waals surface area contributed by atoms with Crippen LogP contribution in [0.4, 0.5) is 8.78 Å². The number of benzene rings is 2. The highest BCUT2D eigenvalue weighted by Crippen LogP contribution is 2.35. The molecule has 0 spiro atoms. The summed E-state index contributed by atoms with van der Waals surface area (Å²) < 4.78 is 58.7. The lowest BCUT2D eigenvalue weighted by Crippen LogP contribution is -2.37. The van der Waals surface area contributed by atoms with Gasteiger partial charge in [0.05, 0.1) is 10.6 Å². The van der Waals surface area contributed by atoms with Crippen molar-refractivity contribution in [3.63, 3.8) is 0 Å². The van der Waals surface area contributed by atoms with Crippen LogP contribution in [0.3, 0.4) is 0 Å². The minimum atomic E-state index is -4.15. The molecule has 0 aliphatic heterocycles. The van der Waals surface area contributed by atoms with Crippen LogP contribution in [-0.2, 0) is 14.6 Å². The van der Waals surface area contributed by atoms with Crippen LogP contribution in [0.25, 0.3) is 11.5 Å². The summed E-state index contributed by atoms with van der Waals surface area (Å²) in [5, 5.41) is 2.55. The predicted molar refractivity (Wildman–Crippen MR) is 119 cm³/mol. The standard InChI is InChI=1S/C23H22F2N2O4S2/c24-16-8-6-15(7-9-16)21-27-22(33(29,30)19-12-10-17(25)11-13-19)23(31-21)32-14-20(28)26-18-4-2-1-3-5-18/h6-13,18H,1-5,14H2,(H,26,28). The number of nitrogens with zero attached hydrogens (tertiary/aromatic N) is 1. The lowest BCUT2D eigenvalue weighted by atomic mass is 9.95. The molecule has 0 radical (unpaired) electrons. The van der Waals surface area contributed by atoms with Gasteiger partial charge in [-0.1, -0.05) is 31.0 Å². The van der Waals surface area contributed by atoms with Crippen molar-refractivity contribution < 1.29 is 26.4 Å². The third kappa shape index (κ3) is 5.62. The van der Waals surface area contributed by atoms with Gasteiger partial charge in [-0.3, -0.25) is 4.79 Å². The van der Waals surface area contributed by atoms with Crippen LogP contribution in [0.1, 0.15) is 32.1 Å². The zero-order valence-corrected chi connectivity index (χ0v) is 19.2. The SMILES string of the molecule is O=C(CSc1oc(-c2ccc(F)cc2)nc1S(=O)(=O)c1ccc(F)cc1)NC1CCCCC1. The first-order chi connectivity index (χ1) is 15.8. The number of thioether (sulfide) groups is 1. The van der Waals surface area contributed by atoms with E-state index >= 15 is 0 Å². The van der Waals surface area contributed by atoms with E-state index in [4.69, 9.17) is 4.42 Å². The van der Waals surface area contributed by atoms with Gasteiger partial charge < -0.3 is 9.73 Å². The highest BCUT2D eigenvalue weighted by atomic mass is 32.2. The molecular formula is C23H22F2N2O4S2. The number of aromatic nitrogens is 1. The maximum atomic E-state index is 13.3. The normalized spacial score (nSPS) is 14.8. The largest absolute Gasteiger partial charge is 0.428 e. The predicted octanol–water partition coefficient (Wildman–Crippen LogP) is 4.99. The zero-order chi connectivity index (χ0) is 23.4. The van der Waals surface area contributed by atoms with E-state index in [0.717, 1.165) is 68.1 Å². The molecule has 0 atom stereocenters. The van der Waals surface area contributed by atoms with E-state index in [-0.39, 0.29) is 38.6 Å². The molecule has 0 unspecified atom stereocenters. The van der Waals surface area contributed by atoms with Crippen molar-refractivity contribution in [2.75, 3.05) is 5.75 Å². The Balaban J connectivity index is 1.61. The summed E-state index contributed by atoms with van der Waals surface area (Å²) in [6.45, 7) is 0. The Morgan fingerprint density at radius 1 is 1.00 bits per heavy atom. The molecule has 0 saturated heterocycles. The third-order valence-corrected chi connectivity index (χ3v) is 8.09. The molecule has 1 aliphatic rings. The van der Waals surface area contributed by atoms with Gasteiger partial charge in [-0.2, -0.15) is 4.98 Å². The van der Waals surface area contributed by atoms with E-state index in [1.54, 1.807) is 0 Å². The van der Waals surface area contributed by atoms with Gasteiger partial charge in [0.15, 0.2) is 0 Å². The molecular weight excluding hydrogens is 470 g/mol. The van der Waals surface area contributed by atoms with Crippen molar-refractivity contribution in [2.24, 2.45) is 0 Å². The lowest BCUT2D eigenvalue weighted by molar-refractivity contribution is -0.119. The van der Waals surface area contributed by atoms with Gasteiger partial charge in [0.25, 0.3) is 0 Å². The number of hydrogen-bond acceptors (Lipinski definition) is 6. The Morgan fingerprint density at radius 2 is 1.61 bits per heavy atom. The van der Waals surface area contributed by atoms with Gasteiger partial charge in [0.1, 0.15) is 11.6 Å². The van der Waals surface area contributed by atoms with Crippen molar-refractivity contribution in [3.05, 3.63) is 60.2 Å². The van der Waals surface area contributed by atoms with Gasteiger partial charge in [0, 0.05) is 11.6 Å². The second-order valence-corrected chi connectivity index (χ2v) is 10.6. The maximum absolute atomic E-state index is 13.3. The monoisotopic (exact) mass is 492 g/mol. The minimum absolute atomic E-state index is 0.0223. The number of sulfone groups is 1. The molecule has 3 aromatic rings. The smallest absolute Gasteiger partial charge is 0.230 e. The summed E-state index contributed by atoms with van der Waals surface area (Å²) in [4.78, 5) is 16.4. The molecule has 1 amide bonds. The summed E-state index contributed by atoms with van der Waals surface area (Å²) >= 11 is 0.919. The number of halogens is 2. The summed E-state index contributed by atoms with van der Waals surface area (Å²) in [5.74, 6) is -1.34. The molecule has 0 bridgehead atoms. The van der Waals surface area contributed by atoms with E-state index < -0.39 is 21.5 Å².